The number of benzene rings is 1. The predicted octanol–water partition coefficient (Wildman–Crippen LogP) is 2.48. The Hall–Kier alpha value is -2.70. The number of nitrogens with zero attached hydrogens (tertiary/aromatic N) is 3. The van der Waals surface area contributed by atoms with Gasteiger partial charge in [-0.1, -0.05) is 18.2 Å². The van der Waals surface area contributed by atoms with Gasteiger partial charge in [0.15, 0.2) is 6.23 Å². The normalized spacial score (nSPS) is 11.9. The van der Waals surface area contributed by atoms with E-state index < -0.39 is 17.1 Å². The Kier molecular flexibility index (Phi) is 3.79. The maximum Gasteiger partial charge on any atom is 0.381 e. The van der Waals surface area contributed by atoms with Gasteiger partial charge in [0, 0.05) is 6.92 Å². The van der Waals surface area contributed by atoms with Crippen molar-refractivity contribution in [3.8, 4) is 0 Å². The molecule has 0 bridgehead atoms. The molecule has 0 saturated heterocycles. The Morgan fingerprint density at radius 3 is 2.60 bits per heavy atom. The number of nitro groups is 1. The van der Waals surface area contributed by atoms with Gasteiger partial charge in [0.2, 0.25) is 5.82 Å². The van der Waals surface area contributed by atoms with Gasteiger partial charge in [-0.15, -0.1) is 0 Å². The minimum atomic E-state index is -0.677. The van der Waals surface area contributed by atoms with Crippen LogP contribution < -0.4 is 0 Å². The standard InChI is InChI=1S/C13H13N3O4/c1-9-14-12(16(18)19)8-15(9)10(2)20-13(17)11-6-4-3-5-7-11/h3-8,10H,1-2H3. The Morgan fingerprint density at radius 2 is 2.05 bits per heavy atom. The van der Waals surface area contributed by atoms with Crippen molar-refractivity contribution in [2.75, 3.05) is 0 Å². The first kappa shape index (κ1) is 13.7. The molecule has 7 heteroatoms. The number of aryl methyl sites for hydroxylation is 1. The molecule has 1 aromatic carbocycles. The topological polar surface area (TPSA) is 87.3 Å². The summed E-state index contributed by atoms with van der Waals surface area (Å²) < 4.78 is 6.70. The molecular weight excluding hydrogens is 262 g/mol. The summed E-state index contributed by atoms with van der Waals surface area (Å²) in [6, 6.07) is 8.53. The van der Waals surface area contributed by atoms with E-state index in [0.717, 1.165) is 0 Å². The fraction of sp³-hybridized carbons (Fsp3) is 0.231. The summed E-state index contributed by atoms with van der Waals surface area (Å²) in [6.07, 6.45) is 0.571. The highest BCUT2D eigenvalue weighted by Gasteiger charge is 2.21. The van der Waals surface area contributed by atoms with Gasteiger partial charge in [-0.2, -0.15) is 0 Å². The van der Waals surface area contributed by atoms with Gasteiger partial charge in [-0.25, -0.2) is 4.79 Å². The van der Waals surface area contributed by atoms with Crippen LogP contribution in [0.5, 0.6) is 0 Å². The van der Waals surface area contributed by atoms with Gasteiger partial charge in [-0.3, -0.25) is 4.57 Å². The van der Waals surface area contributed by atoms with Crippen molar-refractivity contribution in [2.24, 2.45) is 0 Å². The highest BCUT2D eigenvalue weighted by atomic mass is 16.6. The molecule has 0 aliphatic heterocycles. The van der Waals surface area contributed by atoms with Gasteiger partial charge in [0.05, 0.1) is 5.56 Å². The van der Waals surface area contributed by atoms with E-state index in [-0.39, 0.29) is 5.82 Å². The quantitative estimate of drug-likeness (QED) is 0.486. The molecule has 1 unspecified atom stereocenters. The zero-order valence-electron chi connectivity index (χ0n) is 11.0. The lowest BCUT2D eigenvalue weighted by atomic mass is 10.2. The molecule has 0 radical (unpaired) electrons. The Bertz CT molecular complexity index is 636. The molecule has 0 amide bonds. The number of carbonyl (C=O) groups excluding carboxylic acids is 1. The molecule has 0 saturated carbocycles. The molecule has 20 heavy (non-hydrogen) atoms. The number of aromatic nitrogens is 2. The second-order valence-corrected chi connectivity index (χ2v) is 4.18. The lowest BCUT2D eigenvalue weighted by Gasteiger charge is -2.14. The highest BCUT2D eigenvalue weighted by Crippen LogP contribution is 2.18. The lowest BCUT2D eigenvalue weighted by molar-refractivity contribution is -0.389. The molecule has 1 heterocycles. The Balaban J connectivity index is 2.14. The minimum absolute atomic E-state index is 0.273. The average molecular weight is 275 g/mol. The fourth-order valence-corrected chi connectivity index (χ4v) is 1.78. The van der Waals surface area contributed by atoms with Gasteiger partial charge < -0.3 is 14.9 Å². The van der Waals surface area contributed by atoms with Crippen molar-refractivity contribution in [1.82, 2.24) is 9.55 Å². The monoisotopic (exact) mass is 275 g/mol. The first-order chi connectivity index (χ1) is 9.49. The van der Waals surface area contributed by atoms with Crippen molar-refractivity contribution in [1.29, 1.82) is 0 Å². The summed E-state index contributed by atoms with van der Waals surface area (Å²) in [4.78, 5) is 25.7. The summed E-state index contributed by atoms with van der Waals surface area (Å²) >= 11 is 0. The van der Waals surface area contributed by atoms with Crippen molar-refractivity contribution in [3.05, 3.63) is 58.0 Å². The van der Waals surface area contributed by atoms with Crippen LogP contribution in [0.15, 0.2) is 36.5 Å². The largest absolute Gasteiger partial charge is 0.438 e. The van der Waals surface area contributed by atoms with Crippen LogP contribution in [0.1, 0.15) is 29.3 Å². The Labute approximate surface area is 115 Å². The summed E-state index contributed by atoms with van der Waals surface area (Å²) in [7, 11) is 0. The van der Waals surface area contributed by atoms with E-state index in [1.807, 2.05) is 0 Å². The van der Waals surface area contributed by atoms with Crippen molar-refractivity contribution < 1.29 is 14.5 Å². The molecule has 7 nitrogen and oxygen atoms in total. The van der Waals surface area contributed by atoms with Crippen LogP contribution in [0.3, 0.4) is 0 Å². The van der Waals surface area contributed by atoms with Crippen LogP contribution >= 0.6 is 0 Å². The average Bonchev–Trinajstić information content (AvgIpc) is 2.82. The summed E-state index contributed by atoms with van der Waals surface area (Å²) in [5, 5.41) is 10.7. The number of ether oxygens (including phenoxy) is 1. The molecule has 2 rings (SSSR count). The number of hydrogen-bond acceptors (Lipinski definition) is 5. The maximum absolute atomic E-state index is 11.9. The van der Waals surface area contributed by atoms with Crippen LogP contribution in [-0.2, 0) is 4.74 Å². The molecular formula is C13H13N3O4. The van der Waals surface area contributed by atoms with Gasteiger partial charge in [-0.05, 0) is 29.0 Å². The molecule has 0 N–H and O–H groups in total. The zero-order chi connectivity index (χ0) is 14.7. The number of imidazole rings is 1. The van der Waals surface area contributed by atoms with E-state index in [1.54, 1.807) is 44.2 Å². The number of carbonyl (C=O) groups is 1. The third kappa shape index (κ3) is 2.82. The van der Waals surface area contributed by atoms with E-state index in [2.05, 4.69) is 4.98 Å². The van der Waals surface area contributed by atoms with Gasteiger partial charge in [0.1, 0.15) is 6.20 Å². The number of hydrogen-bond donors (Lipinski definition) is 0. The van der Waals surface area contributed by atoms with Crippen LogP contribution in [0, 0.1) is 17.0 Å². The molecule has 1 aromatic heterocycles. The third-order valence-electron chi connectivity index (χ3n) is 2.77. The molecule has 0 spiro atoms. The molecule has 0 fully saturated rings. The number of rotatable bonds is 4. The Morgan fingerprint density at radius 1 is 1.40 bits per heavy atom. The SMILES string of the molecule is Cc1nc([N+](=O)[O-])cn1C(C)OC(=O)c1ccccc1. The summed E-state index contributed by atoms with van der Waals surface area (Å²) in [5.41, 5.74) is 0.423. The smallest absolute Gasteiger partial charge is 0.381 e. The van der Waals surface area contributed by atoms with Crippen molar-refractivity contribution in [3.63, 3.8) is 0 Å². The third-order valence-corrected chi connectivity index (χ3v) is 2.77. The highest BCUT2D eigenvalue weighted by molar-refractivity contribution is 5.89. The second-order valence-electron chi connectivity index (χ2n) is 4.18. The van der Waals surface area contributed by atoms with Gasteiger partial charge in [0.25, 0.3) is 0 Å². The van der Waals surface area contributed by atoms with Crippen molar-refractivity contribution >= 4 is 11.8 Å². The molecule has 0 aliphatic carbocycles. The number of esters is 1. The zero-order valence-corrected chi connectivity index (χ0v) is 11.0. The van der Waals surface area contributed by atoms with E-state index in [9.17, 15) is 14.9 Å². The van der Waals surface area contributed by atoms with E-state index in [0.29, 0.717) is 11.4 Å². The van der Waals surface area contributed by atoms with Crippen LogP contribution in [0.2, 0.25) is 0 Å². The van der Waals surface area contributed by atoms with Crippen LogP contribution in [0.4, 0.5) is 5.82 Å². The van der Waals surface area contributed by atoms with E-state index in [4.69, 9.17) is 4.74 Å². The van der Waals surface area contributed by atoms with Crippen molar-refractivity contribution in [2.45, 2.75) is 20.1 Å². The van der Waals surface area contributed by atoms with Crippen LogP contribution in [0.25, 0.3) is 0 Å². The predicted molar refractivity (Wildman–Crippen MR) is 70.2 cm³/mol. The van der Waals surface area contributed by atoms with Gasteiger partial charge >= 0.3 is 11.8 Å². The molecule has 2 aromatic rings. The maximum atomic E-state index is 11.9. The molecule has 0 aliphatic rings. The lowest BCUT2D eigenvalue weighted by Crippen LogP contribution is -2.15. The van der Waals surface area contributed by atoms with E-state index in [1.165, 1.54) is 10.8 Å². The first-order valence-electron chi connectivity index (χ1n) is 5.95. The van der Waals surface area contributed by atoms with E-state index >= 15 is 0 Å². The first-order valence-corrected chi connectivity index (χ1v) is 5.95. The summed E-state index contributed by atoms with van der Waals surface area (Å²) in [5.74, 6) is -0.357. The minimum Gasteiger partial charge on any atom is -0.438 e. The van der Waals surface area contributed by atoms with Crippen LogP contribution in [-0.4, -0.2) is 20.4 Å². The fourth-order valence-electron chi connectivity index (χ4n) is 1.78. The second kappa shape index (κ2) is 5.52. The summed E-state index contributed by atoms with van der Waals surface area (Å²) in [6.45, 7) is 3.24. The molecule has 104 valence electrons. The molecule has 1 atom stereocenters.